The molecule has 1 atom stereocenters. The number of thiophene rings is 1. The maximum Gasteiger partial charge on any atom is 0.159 e. The molecule has 1 aromatic carbocycles. The zero-order chi connectivity index (χ0) is 12.4. The first-order valence-corrected chi connectivity index (χ1v) is 6.63. The van der Waals surface area contributed by atoms with Gasteiger partial charge < -0.3 is 4.74 Å². The zero-order valence-electron chi connectivity index (χ0n) is 8.91. The Labute approximate surface area is 110 Å². The van der Waals surface area contributed by atoms with E-state index in [0.29, 0.717) is 5.56 Å². The summed E-state index contributed by atoms with van der Waals surface area (Å²) in [5.41, 5.74) is 0.657. The minimum Gasteiger partial charge on any atom is -0.496 e. The van der Waals surface area contributed by atoms with Crippen LogP contribution in [-0.2, 0) is 0 Å². The predicted molar refractivity (Wildman–Crippen MR) is 68.0 cm³/mol. The van der Waals surface area contributed by atoms with Gasteiger partial charge in [0.1, 0.15) is 5.75 Å². The minimum atomic E-state index is -0.845. The number of rotatable bonds is 3. The van der Waals surface area contributed by atoms with E-state index in [1.54, 1.807) is 13.2 Å². The van der Waals surface area contributed by atoms with Crippen LogP contribution in [0.2, 0.25) is 0 Å². The van der Waals surface area contributed by atoms with E-state index in [4.69, 9.17) is 4.74 Å². The van der Waals surface area contributed by atoms with Crippen molar-refractivity contribution in [1.29, 1.82) is 0 Å². The quantitative estimate of drug-likeness (QED) is 0.756. The van der Waals surface area contributed by atoms with Crippen molar-refractivity contribution < 1.29 is 13.5 Å². The van der Waals surface area contributed by atoms with Crippen molar-refractivity contribution in [3.05, 3.63) is 51.7 Å². The monoisotopic (exact) mass is 318 g/mol. The third-order valence-corrected chi connectivity index (χ3v) is 4.60. The second-order valence-corrected chi connectivity index (χ2v) is 5.25. The average Bonchev–Trinajstić information content (AvgIpc) is 2.80. The van der Waals surface area contributed by atoms with Gasteiger partial charge in [-0.2, -0.15) is 0 Å². The van der Waals surface area contributed by atoms with Gasteiger partial charge in [-0.05, 0) is 29.1 Å². The molecule has 0 N–H and O–H groups in total. The van der Waals surface area contributed by atoms with Crippen LogP contribution in [0, 0.1) is 11.6 Å². The predicted octanol–water partition coefficient (Wildman–Crippen LogP) is 4.52. The first-order valence-electron chi connectivity index (χ1n) is 4.84. The molecule has 0 aliphatic rings. The molecule has 2 aromatic rings. The van der Waals surface area contributed by atoms with Crippen LogP contribution in [0.15, 0.2) is 29.6 Å². The van der Waals surface area contributed by atoms with Crippen LogP contribution in [-0.4, -0.2) is 7.11 Å². The Kier molecular flexibility index (Phi) is 3.79. The van der Waals surface area contributed by atoms with E-state index in [9.17, 15) is 8.78 Å². The molecule has 17 heavy (non-hydrogen) atoms. The standard InChI is InChI=1S/C12H9BrF2OS/c1-16-10-4-5-17-12(10)11(13)7-2-3-8(14)9(15)6-7/h2-6,11H,1H3. The molecule has 0 fully saturated rings. The van der Waals surface area contributed by atoms with E-state index in [0.717, 1.165) is 16.7 Å². The molecule has 1 unspecified atom stereocenters. The molecule has 90 valence electrons. The molecular weight excluding hydrogens is 310 g/mol. The van der Waals surface area contributed by atoms with Gasteiger partial charge in [-0.15, -0.1) is 11.3 Å². The second-order valence-electron chi connectivity index (χ2n) is 3.39. The molecule has 2 rings (SSSR count). The van der Waals surface area contributed by atoms with Crippen molar-refractivity contribution in [3.8, 4) is 5.75 Å². The number of hydrogen-bond donors (Lipinski definition) is 0. The maximum absolute atomic E-state index is 13.1. The topological polar surface area (TPSA) is 9.23 Å². The van der Waals surface area contributed by atoms with Gasteiger partial charge in [0.25, 0.3) is 0 Å². The fraction of sp³-hybridized carbons (Fsp3) is 0.167. The van der Waals surface area contributed by atoms with Gasteiger partial charge in [0.15, 0.2) is 11.6 Å². The van der Waals surface area contributed by atoms with E-state index in [2.05, 4.69) is 15.9 Å². The van der Waals surface area contributed by atoms with E-state index in [1.807, 2.05) is 11.4 Å². The van der Waals surface area contributed by atoms with Crippen LogP contribution < -0.4 is 4.74 Å². The molecule has 0 bridgehead atoms. The zero-order valence-corrected chi connectivity index (χ0v) is 11.3. The van der Waals surface area contributed by atoms with Crippen LogP contribution in [0.1, 0.15) is 15.3 Å². The van der Waals surface area contributed by atoms with Gasteiger partial charge in [-0.1, -0.05) is 22.0 Å². The summed E-state index contributed by atoms with van der Waals surface area (Å²) in [6.07, 6.45) is 0. The molecule has 0 spiro atoms. The average molecular weight is 319 g/mol. The lowest BCUT2D eigenvalue weighted by molar-refractivity contribution is 0.413. The molecular formula is C12H9BrF2OS. The van der Waals surface area contributed by atoms with Gasteiger partial charge in [0, 0.05) is 0 Å². The van der Waals surface area contributed by atoms with Crippen LogP contribution in [0.3, 0.4) is 0 Å². The van der Waals surface area contributed by atoms with E-state index in [1.165, 1.54) is 17.4 Å². The third-order valence-electron chi connectivity index (χ3n) is 2.34. The van der Waals surface area contributed by atoms with Gasteiger partial charge in [-0.3, -0.25) is 0 Å². The lowest BCUT2D eigenvalue weighted by atomic mass is 10.1. The smallest absolute Gasteiger partial charge is 0.159 e. The number of halogens is 3. The van der Waals surface area contributed by atoms with Crippen LogP contribution in [0.25, 0.3) is 0 Å². The van der Waals surface area contributed by atoms with E-state index < -0.39 is 11.6 Å². The largest absolute Gasteiger partial charge is 0.496 e. The fourth-order valence-electron chi connectivity index (χ4n) is 1.48. The van der Waals surface area contributed by atoms with Crippen LogP contribution >= 0.6 is 27.3 Å². The van der Waals surface area contributed by atoms with E-state index in [-0.39, 0.29) is 4.83 Å². The summed E-state index contributed by atoms with van der Waals surface area (Å²) < 4.78 is 31.2. The van der Waals surface area contributed by atoms with Crippen molar-refractivity contribution in [3.63, 3.8) is 0 Å². The summed E-state index contributed by atoms with van der Waals surface area (Å²) in [6.45, 7) is 0. The summed E-state index contributed by atoms with van der Waals surface area (Å²) in [5.74, 6) is -0.948. The third kappa shape index (κ3) is 2.50. The Morgan fingerprint density at radius 1 is 1.24 bits per heavy atom. The first kappa shape index (κ1) is 12.5. The summed E-state index contributed by atoms with van der Waals surface area (Å²) in [7, 11) is 1.58. The Hall–Kier alpha value is -0.940. The van der Waals surface area contributed by atoms with Gasteiger partial charge in [-0.25, -0.2) is 8.78 Å². The molecule has 0 aliphatic heterocycles. The van der Waals surface area contributed by atoms with Gasteiger partial charge in [0.05, 0.1) is 16.8 Å². The molecule has 1 nitrogen and oxygen atoms in total. The SMILES string of the molecule is COc1ccsc1C(Br)c1ccc(F)c(F)c1. The Balaban J connectivity index is 2.36. The molecule has 1 aromatic heterocycles. The summed E-state index contributed by atoms with van der Waals surface area (Å²) in [5, 5.41) is 1.89. The highest BCUT2D eigenvalue weighted by Gasteiger charge is 2.18. The molecule has 5 heteroatoms. The highest BCUT2D eigenvalue weighted by molar-refractivity contribution is 9.09. The summed E-state index contributed by atoms with van der Waals surface area (Å²) in [4.78, 5) is 0.728. The number of alkyl halides is 1. The minimum absolute atomic E-state index is 0.201. The second kappa shape index (κ2) is 5.14. The van der Waals surface area contributed by atoms with Crippen molar-refractivity contribution >= 4 is 27.3 Å². The Morgan fingerprint density at radius 3 is 2.65 bits per heavy atom. The number of ether oxygens (including phenoxy) is 1. The van der Waals surface area contributed by atoms with Crippen molar-refractivity contribution in [1.82, 2.24) is 0 Å². The van der Waals surface area contributed by atoms with Crippen LogP contribution in [0.5, 0.6) is 5.75 Å². The number of benzene rings is 1. The highest BCUT2D eigenvalue weighted by atomic mass is 79.9. The fourth-order valence-corrected chi connectivity index (χ4v) is 3.18. The molecule has 0 radical (unpaired) electrons. The lowest BCUT2D eigenvalue weighted by Crippen LogP contribution is -1.95. The molecule has 1 heterocycles. The van der Waals surface area contributed by atoms with Crippen molar-refractivity contribution in [2.45, 2.75) is 4.83 Å². The Bertz CT molecular complexity index is 527. The molecule has 0 saturated carbocycles. The summed E-state index contributed by atoms with van der Waals surface area (Å²) in [6, 6.07) is 5.71. The Morgan fingerprint density at radius 2 is 2.00 bits per heavy atom. The maximum atomic E-state index is 13.1. The highest BCUT2D eigenvalue weighted by Crippen LogP contribution is 2.40. The number of methoxy groups -OCH3 is 1. The van der Waals surface area contributed by atoms with Gasteiger partial charge >= 0.3 is 0 Å². The van der Waals surface area contributed by atoms with Crippen LogP contribution in [0.4, 0.5) is 8.78 Å². The molecule has 0 aliphatic carbocycles. The van der Waals surface area contributed by atoms with Crippen molar-refractivity contribution in [2.75, 3.05) is 7.11 Å². The van der Waals surface area contributed by atoms with Crippen molar-refractivity contribution in [2.24, 2.45) is 0 Å². The normalized spacial score (nSPS) is 12.5. The lowest BCUT2D eigenvalue weighted by Gasteiger charge is -2.10. The number of hydrogen-bond acceptors (Lipinski definition) is 2. The van der Waals surface area contributed by atoms with E-state index >= 15 is 0 Å². The summed E-state index contributed by atoms with van der Waals surface area (Å²) >= 11 is 4.96. The van der Waals surface area contributed by atoms with Gasteiger partial charge in [0.2, 0.25) is 0 Å². The molecule has 0 amide bonds. The molecule has 0 saturated heterocycles. The first-order chi connectivity index (χ1) is 8.13.